The van der Waals surface area contributed by atoms with Crippen LogP contribution in [0, 0.1) is 5.82 Å². The Bertz CT molecular complexity index is 2180. The number of anilines is 2. The molecule has 14 nitrogen and oxygen atoms in total. The molecule has 1 fully saturated rings. The van der Waals surface area contributed by atoms with Crippen LogP contribution in [0.1, 0.15) is 50.0 Å². The second-order valence-electron chi connectivity index (χ2n) is 12.3. The van der Waals surface area contributed by atoms with Gasteiger partial charge in [0.2, 0.25) is 6.10 Å². The first-order valence-electron chi connectivity index (χ1n) is 16.4. The highest BCUT2D eigenvalue weighted by atomic mass is 32.2. The van der Waals surface area contributed by atoms with Crippen molar-refractivity contribution in [1.29, 1.82) is 0 Å². The number of aliphatic carboxylic acids is 1. The molecular formula is C36H38F4N4O10S. The van der Waals surface area contributed by atoms with E-state index >= 15 is 4.39 Å². The summed E-state index contributed by atoms with van der Waals surface area (Å²) < 4.78 is 96.4. The van der Waals surface area contributed by atoms with Crippen molar-refractivity contribution in [3.63, 3.8) is 0 Å². The summed E-state index contributed by atoms with van der Waals surface area (Å²) in [7, 11) is 0.134. The second kappa shape index (κ2) is 17.1. The summed E-state index contributed by atoms with van der Waals surface area (Å²) >= 11 is 0. The molecule has 0 spiro atoms. The lowest BCUT2D eigenvalue weighted by Crippen LogP contribution is -2.38. The number of nitrogens with zero attached hydrogens (tertiary/aromatic N) is 2. The van der Waals surface area contributed by atoms with E-state index in [4.69, 9.17) is 34.6 Å². The highest BCUT2D eigenvalue weighted by Gasteiger charge is 2.40. The van der Waals surface area contributed by atoms with Crippen LogP contribution in [-0.2, 0) is 24.2 Å². The van der Waals surface area contributed by atoms with E-state index < -0.39 is 57.2 Å². The van der Waals surface area contributed by atoms with Crippen molar-refractivity contribution in [2.45, 2.75) is 55.2 Å². The normalized spacial score (nSPS) is 14.8. The molecule has 0 saturated carbocycles. The number of nitrogen functional groups attached to an aromatic ring is 1. The van der Waals surface area contributed by atoms with E-state index in [1.54, 1.807) is 44.3 Å². The van der Waals surface area contributed by atoms with Gasteiger partial charge in [-0.3, -0.25) is 10.1 Å². The molecule has 5 rings (SSSR count). The van der Waals surface area contributed by atoms with E-state index in [1.807, 2.05) is 0 Å². The monoisotopic (exact) mass is 794 g/mol. The van der Waals surface area contributed by atoms with Crippen molar-refractivity contribution in [3.8, 4) is 17.2 Å². The van der Waals surface area contributed by atoms with Gasteiger partial charge in [-0.15, -0.1) is 0 Å². The van der Waals surface area contributed by atoms with Crippen molar-refractivity contribution < 1.29 is 64.4 Å². The molecule has 2 atom stereocenters. The summed E-state index contributed by atoms with van der Waals surface area (Å²) in [5.74, 6) is -3.28. The lowest BCUT2D eigenvalue weighted by atomic mass is 10.0. The number of methoxy groups -OCH3 is 3. The van der Waals surface area contributed by atoms with Gasteiger partial charge in [-0.2, -0.15) is 13.2 Å². The largest absolute Gasteiger partial charge is 0.493 e. The van der Waals surface area contributed by atoms with Gasteiger partial charge < -0.3 is 34.7 Å². The number of carboxylic acid groups (broad SMARTS) is 1. The molecule has 55 heavy (non-hydrogen) atoms. The number of pyridine rings is 1. The quantitative estimate of drug-likeness (QED) is 0.149. The zero-order chi connectivity index (χ0) is 40.8. The number of rotatable bonds is 10. The first-order chi connectivity index (χ1) is 25.8. The summed E-state index contributed by atoms with van der Waals surface area (Å²) in [6.07, 6.45) is -4.89. The fourth-order valence-electron chi connectivity index (χ4n) is 5.78. The Balaban J connectivity index is 0.000000876. The molecule has 0 unspecified atom stereocenters. The number of fused-ring (bicyclic) bond motifs is 1. The van der Waals surface area contributed by atoms with E-state index in [0.717, 1.165) is 6.07 Å². The van der Waals surface area contributed by atoms with Gasteiger partial charge in [-0.05, 0) is 86.2 Å². The van der Waals surface area contributed by atoms with E-state index in [-0.39, 0.29) is 39.9 Å². The average molecular weight is 795 g/mol. The summed E-state index contributed by atoms with van der Waals surface area (Å²) in [6, 6.07) is 12.8. The Hall–Kier alpha value is -5.85. The summed E-state index contributed by atoms with van der Waals surface area (Å²) in [6.45, 7) is 3.36. The van der Waals surface area contributed by atoms with Gasteiger partial charge in [-0.25, -0.2) is 27.4 Å². The first-order valence-corrected chi connectivity index (χ1v) is 17.9. The number of likely N-dealkylation sites (tertiary alicyclic amines) is 1. The van der Waals surface area contributed by atoms with Gasteiger partial charge in [0.1, 0.15) is 17.4 Å². The van der Waals surface area contributed by atoms with Crippen LogP contribution >= 0.6 is 0 Å². The number of halogens is 4. The molecule has 1 aliphatic rings. The van der Waals surface area contributed by atoms with Crippen molar-refractivity contribution in [3.05, 3.63) is 77.7 Å². The predicted octanol–water partition coefficient (Wildman–Crippen LogP) is 6.45. The van der Waals surface area contributed by atoms with Gasteiger partial charge in [0.25, 0.3) is 5.91 Å². The molecular weight excluding hydrogens is 756 g/mol. The smallest absolute Gasteiger partial charge is 0.490 e. The van der Waals surface area contributed by atoms with E-state index in [1.165, 1.54) is 50.5 Å². The van der Waals surface area contributed by atoms with Crippen LogP contribution in [0.5, 0.6) is 17.2 Å². The number of carboxylic acids is 1. The average Bonchev–Trinajstić information content (AvgIpc) is 3.63. The number of nitrogens with two attached hydrogens (primary N) is 1. The molecule has 296 valence electrons. The Morgan fingerprint density at radius 1 is 1.00 bits per heavy atom. The zero-order valence-electron chi connectivity index (χ0n) is 30.1. The number of hydrogen-bond donors (Lipinski definition) is 3. The van der Waals surface area contributed by atoms with Gasteiger partial charge in [-0.1, -0.05) is 0 Å². The predicted molar refractivity (Wildman–Crippen MR) is 191 cm³/mol. The molecule has 0 radical (unpaired) electrons. The fraction of sp³-hybridized carbons (Fsp3) is 0.333. The Kier molecular flexibility index (Phi) is 13.0. The number of benzene rings is 3. The van der Waals surface area contributed by atoms with Crippen molar-refractivity contribution in [2.24, 2.45) is 0 Å². The number of ether oxygens (including phenoxy) is 4. The van der Waals surface area contributed by atoms with Gasteiger partial charge in [0.15, 0.2) is 21.3 Å². The number of nitrogens with one attached hydrogen (secondary N) is 1. The second-order valence-corrected chi connectivity index (χ2v) is 14.7. The van der Waals surface area contributed by atoms with Crippen LogP contribution < -0.4 is 25.3 Å². The highest BCUT2D eigenvalue weighted by Crippen LogP contribution is 2.42. The van der Waals surface area contributed by atoms with Crippen LogP contribution in [-0.4, -0.2) is 80.7 Å². The van der Waals surface area contributed by atoms with Crippen LogP contribution in [0.3, 0.4) is 0 Å². The maximum absolute atomic E-state index is 15.9. The van der Waals surface area contributed by atoms with E-state index in [0.29, 0.717) is 35.0 Å². The Morgan fingerprint density at radius 2 is 1.65 bits per heavy atom. The first kappa shape index (κ1) is 41.9. The number of aromatic nitrogens is 1. The third-order valence-corrected chi connectivity index (χ3v) is 10.8. The SMILES string of the molecule is COC(=O)Nc1ccc(S(=O)(=O)C(C)C)c([C@H]2CCCN2C(=O)[C@@H](Oc2ccc3c(N)nccc3c2)c2cc(OC)c(OC)cc2F)c1.O=C(O)C(F)(F)F. The number of sulfone groups is 1. The molecule has 1 saturated heterocycles. The summed E-state index contributed by atoms with van der Waals surface area (Å²) in [5, 5.41) is 10.3. The van der Waals surface area contributed by atoms with Crippen LogP contribution in [0.2, 0.25) is 0 Å². The number of amides is 2. The molecule has 2 amide bonds. The van der Waals surface area contributed by atoms with Gasteiger partial charge in [0, 0.05) is 35.4 Å². The van der Waals surface area contributed by atoms with E-state index in [9.17, 15) is 31.2 Å². The number of alkyl halides is 3. The maximum atomic E-state index is 15.9. The summed E-state index contributed by atoms with van der Waals surface area (Å²) in [4.78, 5) is 41.2. The summed E-state index contributed by atoms with van der Waals surface area (Å²) in [5.41, 5.74) is 6.50. The molecule has 3 aromatic carbocycles. The molecule has 4 aromatic rings. The zero-order valence-corrected chi connectivity index (χ0v) is 31.0. The molecule has 2 heterocycles. The fourth-order valence-corrected chi connectivity index (χ4v) is 7.07. The van der Waals surface area contributed by atoms with Gasteiger partial charge in [0.05, 0.1) is 37.5 Å². The minimum atomic E-state index is -5.08. The molecule has 0 aliphatic carbocycles. The van der Waals surface area contributed by atoms with E-state index in [2.05, 4.69) is 10.3 Å². The lowest BCUT2D eigenvalue weighted by Gasteiger charge is -2.31. The minimum Gasteiger partial charge on any atom is -0.493 e. The van der Waals surface area contributed by atoms with Crippen molar-refractivity contribution in [1.82, 2.24) is 9.88 Å². The molecule has 0 bridgehead atoms. The van der Waals surface area contributed by atoms with Crippen LogP contribution in [0.25, 0.3) is 10.8 Å². The Labute approximate surface area is 313 Å². The lowest BCUT2D eigenvalue weighted by molar-refractivity contribution is -0.192. The molecule has 4 N–H and O–H groups in total. The van der Waals surface area contributed by atoms with Crippen LogP contribution in [0.15, 0.2) is 65.7 Å². The minimum absolute atomic E-state index is 0.0214. The highest BCUT2D eigenvalue weighted by molar-refractivity contribution is 7.92. The molecule has 19 heteroatoms. The Morgan fingerprint density at radius 3 is 2.25 bits per heavy atom. The standard InChI is InChI=1S/C34H37FN4O8S.C2HF3O2/c1-19(2)48(42,43)30-11-8-21(38-34(41)46-5)16-25(30)27-7-6-14-39(27)33(40)31(24-17-28(44-3)29(45-4)18-26(24)35)47-22-9-10-23-20(15-22)12-13-37-32(23)36;3-2(4,5)1(6)7/h8-13,15-19,27,31H,6-7,14H2,1-5H3,(H2,36,37)(H,38,41);(H,6,7)/t27-,31+;/m1./s1. The molecule has 1 aliphatic heterocycles. The molecule has 1 aromatic heterocycles. The number of hydrogen-bond acceptors (Lipinski definition) is 11. The third kappa shape index (κ3) is 9.45. The topological polar surface area (TPSA) is 197 Å². The van der Waals surface area contributed by atoms with Gasteiger partial charge >= 0.3 is 18.2 Å². The van der Waals surface area contributed by atoms with Crippen LogP contribution in [0.4, 0.5) is 33.9 Å². The van der Waals surface area contributed by atoms with Crippen molar-refractivity contribution in [2.75, 3.05) is 38.9 Å². The maximum Gasteiger partial charge on any atom is 0.490 e. The number of carbonyl (C=O) groups is 3. The van der Waals surface area contributed by atoms with Crippen molar-refractivity contribution >= 4 is 50.1 Å². The number of carbonyl (C=O) groups excluding carboxylic acids is 2. The third-order valence-electron chi connectivity index (χ3n) is 8.54.